The third-order valence-electron chi connectivity index (χ3n) is 7.56. The smallest absolute Gasteiger partial charge is 0.252 e. The maximum atomic E-state index is 13.6. The number of amides is 1. The molecule has 2 saturated heterocycles. The first-order chi connectivity index (χ1) is 15.6. The summed E-state index contributed by atoms with van der Waals surface area (Å²) in [6.45, 7) is 7.97. The molecule has 3 aliphatic heterocycles. The van der Waals surface area contributed by atoms with Crippen molar-refractivity contribution in [3.05, 3.63) is 64.7 Å². The number of nitrogens with zero attached hydrogens (tertiary/aromatic N) is 1. The van der Waals surface area contributed by atoms with Crippen molar-refractivity contribution < 1.29 is 9.53 Å². The Hall–Kier alpha value is -2.37. The average molecular weight is 434 g/mol. The molecule has 0 aromatic heterocycles. The van der Waals surface area contributed by atoms with Crippen molar-refractivity contribution in [2.45, 2.75) is 57.7 Å². The summed E-state index contributed by atoms with van der Waals surface area (Å²) >= 11 is 0. The molecule has 2 fully saturated rings. The van der Waals surface area contributed by atoms with Gasteiger partial charge < -0.3 is 15.4 Å². The van der Waals surface area contributed by atoms with Gasteiger partial charge in [0.1, 0.15) is 5.75 Å². The lowest BCUT2D eigenvalue weighted by Crippen LogP contribution is -2.55. The van der Waals surface area contributed by atoms with Crippen molar-refractivity contribution in [2.24, 2.45) is 5.92 Å². The fourth-order valence-corrected chi connectivity index (χ4v) is 5.97. The van der Waals surface area contributed by atoms with E-state index in [2.05, 4.69) is 40.7 Å². The topological polar surface area (TPSA) is 53.6 Å². The van der Waals surface area contributed by atoms with E-state index in [1.54, 1.807) is 0 Å². The zero-order chi connectivity index (χ0) is 22.1. The maximum Gasteiger partial charge on any atom is 0.252 e. The molecular weight excluding hydrogens is 398 g/mol. The van der Waals surface area contributed by atoms with Crippen molar-refractivity contribution in [2.75, 3.05) is 26.2 Å². The number of carbonyl (C=O) groups excluding carboxylic acids is 1. The lowest BCUT2D eigenvalue weighted by atomic mass is 9.76. The molecule has 0 unspecified atom stereocenters. The normalized spacial score (nSPS) is 25.8. The third kappa shape index (κ3) is 4.16. The molecule has 1 amide bonds. The van der Waals surface area contributed by atoms with Gasteiger partial charge in [-0.25, -0.2) is 0 Å². The highest BCUT2D eigenvalue weighted by Gasteiger charge is 2.41. The second kappa shape index (κ2) is 9.24. The van der Waals surface area contributed by atoms with Crippen LogP contribution in [0.25, 0.3) is 0 Å². The molecule has 2 aromatic rings. The standard InChI is InChI=1S/C27H35N3O2/c1-3-32-22-14-20-11-13-30-17-21-10-7-12-28-24(21)16-25(30)26(20)23(15-22)27(31)29-18(2)19-8-5-4-6-9-19/h4-6,8-9,14-15,18,21,24-25,28H,3,7,10-13,16-17H2,1-2H3,(H,29,31)/t18-,21-,24+,25+/m1/s1. The summed E-state index contributed by atoms with van der Waals surface area (Å²) in [5.74, 6) is 1.54. The molecule has 0 bridgehead atoms. The van der Waals surface area contributed by atoms with E-state index in [4.69, 9.17) is 4.74 Å². The third-order valence-corrected chi connectivity index (χ3v) is 7.56. The lowest BCUT2D eigenvalue weighted by Gasteiger charge is -2.49. The molecule has 0 spiro atoms. The maximum absolute atomic E-state index is 13.6. The van der Waals surface area contributed by atoms with Crippen LogP contribution in [0.4, 0.5) is 0 Å². The van der Waals surface area contributed by atoms with Crippen LogP contribution < -0.4 is 15.4 Å². The summed E-state index contributed by atoms with van der Waals surface area (Å²) in [6.07, 6.45) is 4.66. The van der Waals surface area contributed by atoms with Crippen LogP contribution in [0.15, 0.2) is 42.5 Å². The first-order valence-corrected chi connectivity index (χ1v) is 12.3. The largest absolute Gasteiger partial charge is 0.494 e. The quantitative estimate of drug-likeness (QED) is 0.740. The molecule has 170 valence electrons. The zero-order valence-corrected chi connectivity index (χ0v) is 19.3. The Kier molecular flexibility index (Phi) is 6.20. The Labute approximate surface area is 191 Å². The van der Waals surface area contributed by atoms with Gasteiger partial charge in [0.25, 0.3) is 5.91 Å². The molecule has 0 aliphatic carbocycles. The van der Waals surface area contributed by atoms with Gasteiger partial charge in [-0.3, -0.25) is 9.69 Å². The van der Waals surface area contributed by atoms with E-state index < -0.39 is 0 Å². The molecule has 0 radical (unpaired) electrons. The predicted octanol–water partition coefficient (Wildman–Crippen LogP) is 4.25. The van der Waals surface area contributed by atoms with Crippen LogP contribution in [0, 0.1) is 5.92 Å². The van der Waals surface area contributed by atoms with Crippen molar-refractivity contribution in [3.8, 4) is 5.75 Å². The van der Waals surface area contributed by atoms with E-state index in [-0.39, 0.29) is 11.9 Å². The van der Waals surface area contributed by atoms with Gasteiger partial charge >= 0.3 is 0 Å². The Morgan fingerprint density at radius 1 is 1.28 bits per heavy atom. The molecule has 2 N–H and O–H groups in total. The molecule has 3 heterocycles. The number of ether oxygens (including phenoxy) is 1. The van der Waals surface area contributed by atoms with E-state index >= 15 is 0 Å². The predicted molar refractivity (Wildman–Crippen MR) is 127 cm³/mol. The number of piperidine rings is 2. The van der Waals surface area contributed by atoms with Crippen LogP contribution in [-0.2, 0) is 6.42 Å². The number of rotatable bonds is 5. The first-order valence-electron chi connectivity index (χ1n) is 12.3. The molecule has 5 heteroatoms. The number of nitrogens with one attached hydrogen (secondary N) is 2. The summed E-state index contributed by atoms with van der Waals surface area (Å²) in [5.41, 5.74) is 4.41. The van der Waals surface area contributed by atoms with Crippen LogP contribution in [0.1, 0.15) is 72.2 Å². The molecule has 32 heavy (non-hydrogen) atoms. The highest BCUT2D eigenvalue weighted by molar-refractivity contribution is 5.97. The van der Waals surface area contributed by atoms with Crippen molar-refractivity contribution >= 4 is 5.91 Å². The lowest BCUT2D eigenvalue weighted by molar-refractivity contribution is 0.0542. The van der Waals surface area contributed by atoms with E-state index in [1.165, 1.54) is 24.0 Å². The van der Waals surface area contributed by atoms with Crippen LogP contribution in [0.3, 0.4) is 0 Å². The van der Waals surface area contributed by atoms with Crippen LogP contribution in [0.5, 0.6) is 5.75 Å². The second-order valence-corrected chi connectivity index (χ2v) is 9.54. The van der Waals surface area contributed by atoms with Crippen molar-refractivity contribution in [1.29, 1.82) is 0 Å². The van der Waals surface area contributed by atoms with E-state index in [1.807, 2.05) is 31.2 Å². The van der Waals surface area contributed by atoms with E-state index in [0.29, 0.717) is 18.7 Å². The molecule has 5 nitrogen and oxygen atoms in total. The minimum Gasteiger partial charge on any atom is -0.494 e. The summed E-state index contributed by atoms with van der Waals surface area (Å²) < 4.78 is 5.87. The van der Waals surface area contributed by atoms with Gasteiger partial charge in [0.2, 0.25) is 0 Å². The first kappa shape index (κ1) is 21.5. The zero-order valence-electron chi connectivity index (χ0n) is 19.3. The molecule has 4 atom stereocenters. The Morgan fingerprint density at radius 3 is 2.94 bits per heavy atom. The Morgan fingerprint density at radius 2 is 2.12 bits per heavy atom. The molecular formula is C27H35N3O2. The monoisotopic (exact) mass is 433 g/mol. The Bertz CT molecular complexity index is 961. The summed E-state index contributed by atoms with van der Waals surface area (Å²) in [5, 5.41) is 7.02. The van der Waals surface area contributed by atoms with Crippen LogP contribution in [-0.4, -0.2) is 43.1 Å². The molecule has 3 aliphatic rings. The summed E-state index contributed by atoms with van der Waals surface area (Å²) in [4.78, 5) is 16.2. The highest BCUT2D eigenvalue weighted by Crippen LogP contribution is 2.43. The van der Waals surface area contributed by atoms with Crippen LogP contribution in [0.2, 0.25) is 0 Å². The van der Waals surface area contributed by atoms with Gasteiger partial charge in [-0.05, 0) is 80.8 Å². The number of hydrogen-bond acceptors (Lipinski definition) is 4. The minimum absolute atomic E-state index is 0.000247. The minimum atomic E-state index is -0.0504. The van der Waals surface area contributed by atoms with Gasteiger partial charge in [-0.15, -0.1) is 0 Å². The fourth-order valence-electron chi connectivity index (χ4n) is 5.97. The summed E-state index contributed by atoms with van der Waals surface area (Å²) in [7, 11) is 0. The second-order valence-electron chi connectivity index (χ2n) is 9.54. The highest BCUT2D eigenvalue weighted by atomic mass is 16.5. The number of carbonyl (C=O) groups is 1. The average Bonchev–Trinajstić information content (AvgIpc) is 2.82. The van der Waals surface area contributed by atoms with Gasteiger partial charge in [-0.2, -0.15) is 0 Å². The molecule has 0 saturated carbocycles. The van der Waals surface area contributed by atoms with Crippen molar-refractivity contribution in [1.82, 2.24) is 15.5 Å². The van der Waals surface area contributed by atoms with E-state index in [9.17, 15) is 4.79 Å². The number of fused-ring (bicyclic) bond motifs is 4. The SMILES string of the molecule is CCOc1cc2c(c(C(=O)N[C@H](C)c3ccccc3)c1)[C@@H]1C[C@@H]3NCCC[C@@H]3CN1CC2. The Balaban J connectivity index is 1.48. The van der Waals surface area contributed by atoms with Crippen molar-refractivity contribution in [3.63, 3.8) is 0 Å². The molecule has 5 rings (SSSR count). The number of benzene rings is 2. The van der Waals surface area contributed by atoms with Gasteiger partial charge in [0.15, 0.2) is 0 Å². The van der Waals surface area contributed by atoms with Gasteiger partial charge in [0, 0.05) is 30.7 Å². The fraction of sp³-hybridized carbons (Fsp3) is 0.519. The number of hydrogen-bond donors (Lipinski definition) is 2. The van der Waals surface area contributed by atoms with E-state index in [0.717, 1.165) is 55.3 Å². The van der Waals surface area contributed by atoms with Crippen LogP contribution >= 0.6 is 0 Å². The van der Waals surface area contributed by atoms with Gasteiger partial charge in [0.05, 0.1) is 12.6 Å². The molecule has 2 aromatic carbocycles. The summed E-state index contributed by atoms with van der Waals surface area (Å²) in [6, 6.07) is 15.1. The van der Waals surface area contributed by atoms with Gasteiger partial charge in [-0.1, -0.05) is 30.3 Å².